The molecule has 2 aliphatic carbocycles. The number of rotatable bonds is 10. The number of amidine groups is 2. The van der Waals surface area contributed by atoms with Crippen molar-refractivity contribution >= 4 is 34.4 Å². The molecule has 0 aromatic heterocycles. The lowest BCUT2D eigenvalue weighted by Gasteiger charge is -2.29. The molecule has 300 valence electrons. The molecule has 6 rings (SSSR count). The van der Waals surface area contributed by atoms with E-state index in [0.717, 1.165) is 75.6 Å². The molecule has 2 fully saturated rings. The number of hydroxylamine groups is 2. The first kappa shape index (κ1) is 42.2. The lowest BCUT2D eigenvalue weighted by molar-refractivity contribution is 0.226. The van der Waals surface area contributed by atoms with Gasteiger partial charge in [0.2, 0.25) is 0 Å². The summed E-state index contributed by atoms with van der Waals surface area (Å²) in [4.78, 5) is 12.6. The third-order valence-electron chi connectivity index (χ3n) is 11.0. The number of hydrogen-bond donors (Lipinski definition) is 4. The summed E-state index contributed by atoms with van der Waals surface area (Å²) in [7, 11) is 8.15. The van der Waals surface area contributed by atoms with Crippen LogP contribution in [-0.4, -0.2) is 50.3 Å². The van der Waals surface area contributed by atoms with Gasteiger partial charge in [0.05, 0.1) is 11.4 Å². The average Bonchev–Trinajstić information content (AvgIpc) is 3.21. The van der Waals surface area contributed by atoms with Crippen LogP contribution >= 0.6 is 0 Å². The van der Waals surface area contributed by atoms with E-state index in [0.29, 0.717) is 48.2 Å². The first-order valence-electron chi connectivity index (χ1n) is 19.3. The molecule has 4 aromatic carbocycles. The van der Waals surface area contributed by atoms with Crippen LogP contribution < -0.4 is 20.8 Å². The Bertz CT molecular complexity index is 1770. The van der Waals surface area contributed by atoms with Gasteiger partial charge in [-0.15, -0.1) is 0 Å². The number of nitrogens with zero attached hydrogens (tertiary/aromatic N) is 4. The number of nitrogens with one attached hydrogen (secondary N) is 2. The first-order chi connectivity index (χ1) is 26.9. The maximum absolute atomic E-state index is 13.3. The van der Waals surface area contributed by atoms with Crippen molar-refractivity contribution in [2.75, 3.05) is 38.0 Å². The van der Waals surface area contributed by atoms with E-state index in [1.807, 2.05) is 28.2 Å². The molecule has 56 heavy (non-hydrogen) atoms. The lowest BCUT2D eigenvalue weighted by Crippen LogP contribution is -2.24. The molecular formula is C44H54F4N6O2. The zero-order valence-corrected chi connectivity index (χ0v) is 32.7. The molecule has 12 heteroatoms. The van der Waals surface area contributed by atoms with Crippen LogP contribution in [0.1, 0.15) is 87.2 Å². The normalized spacial score (nSPS) is 20.1. The molecule has 0 amide bonds. The van der Waals surface area contributed by atoms with E-state index in [1.54, 1.807) is 0 Å². The van der Waals surface area contributed by atoms with Gasteiger partial charge in [-0.2, -0.15) is 0 Å². The van der Waals surface area contributed by atoms with Gasteiger partial charge in [-0.05, 0) is 135 Å². The Morgan fingerprint density at radius 3 is 1.14 bits per heavy atom. The van der Waals surface area contributed by atoms with E-state index >= 15 is 0 Å². The highest BCUT2D eigenvalue weighted by atomic mass is 19.2. The topological polar surface area (TPSA) is 95.7 Å². The van der Waals surface area contributed by atoms with Crippen LogP contribution in [-0.2, 0) is 0 Å². The van der Waals surface area contributed by atoms with Gasteiger partial charge in [-0.3, -0.25) is 21.4 Å². The number of benzene rings is 4. The van der Waals surface area contributed by atoms with Crippen molar-refractivity contribution in [1.29, 1.82) is 0 Å². The van der Waals surface area contributed by atoms with E-state index in [2.05, 4.69) is 79.3 Å². The SMILES string of the molecule is CN(C)c1ccc(C2CCC(CC(=Nc3ccc(F)c(F)c3)NO)CC2)cc1.CN(C)c1ccc(C2CCC(CC(=Nc3ccc(F)c(F)c3)NO)CC2)cc1. The van der Waals surface area contributed by atoms with Crippen molar-refractivity contribution < 1.29 is 28.0 Å². The average molecular weight is 775 g/mol. The molecule has 0 spiro atoms. The van der Waals surface area contributed by atoms with Crippen LogP contribution in [0.4, 0.5) is 40.3 Å². The second-order valence-corrected chi connectivity index (χ2v) is 15.4. The van der Waals surface area contributed by atoms with Crippen LogP contribution in [0.5, 0.6) is 0 Å². The van der Waals surface area contributed by atoms with Gasteiger partial charge < -0.3 is 9.80 Å². The Labute approximate surface area is 327 Å². The molecule has 0 heterocycles. The minimum Gasteiger partial charge on any atom is -0.378 e. The van der Waals surface area contributed by atoms with Crippen LogP contribution in [0.3, 0.4) is 0 Å². The fourth-order valence-electron chi connectivity index (χ4n) is 7.69. The molecule has 4 aromatic rings. The van der Waals surface area contributed by atoms with E-state index in [9.17, 15) is 28.0 Å². The van der Waals surface area contributed by atoms with Gasteiger partial charge in [0.15, 0.2) is 23.3 Å². The zero-order chi connectivity index (χ0) is 40.2. The summed E-state index contributed by atoms with van der Waals surface area (Å²) in [6.07, 6.45) is 9.70. The number of hydrogen-bond acceptors (Lipinski definition) is 6. The molecule has 0 aliphatic heterocycles. The maximum atomic E-state index is 13.3. The van der Waals surface area contributed by atoms with Gasteiger partial charge >= 0.3 is 0 Å². The first-order valence-corrected chi connectivity index (χ1v) is 19.3. The van der Waals surface area contributed by atoms with E-state index in [1.165, 1.54) is 34.6 Å². The van der Waals surface area contributed by atoms with Crippen molar-refractivity contribution in [1.82, 2.24) is 11.0 Å². The number of halogens is 4. The van der Waals surface area contributed by atoms with Gasteiger partial charge in [0, 0.05) is 64.5 Å². The largest absolute Gasteiger partial charge is 0.378 e. The minimum atomic E-state index is -0.945. The standard InChI is InChI=1S/2C22H27F2N3O/c2*1-27(2)19-10-7-17(8-11-19)16-5-3-15(4-6-16)13-22(26-28)25-18-9-12-20(23)21(24)14-18/h2*7-12,14-16,28H,3-6,13H2,1-2H3,(H,25,26). The molecule has 0 saturated heterocycles. The Kier molecular flexibility index (Phi) is 15.3. The summed E-state index contributed by atoms with van der Waals surface area (Å²) in [6, 6.07) is 24.4. The predicted octanol–water partition coefficient (Wildman–Crippen LogP) is 10.8. The smallest absolute Gasteiger partial charge is 0.160 e. The third-order valence-corrected chi connectivity index (χ3v) is 11.0. The zero-order valence-electron chi connectivity index (χ0n) is 32.7. The van der Waals surface area contributed by atoms with Crippen molar-refractivity contribution in [2.45, 2.75) is 76.0 Å². The van der Waals surface area contributed by atoms with Crippen molar-refractivity contribution in [2.24, 2.45) is 21.8 Å². The fraction of sp³-hybridized carbons (Fsp3) is 0.409. The molecule has 2 saturated carbocycles. The van der Waals surface area contributed by atoms with Gasteiger partial charge in [0.1, 0.15) is 11.7 Å². The molecule has 4 N–H and O–H groups in total. The Hall–Kier alpha value is -4.94. The summed E-state index contributed by atoms with van der Waals surface area (Å²) in [5, 5.41) is 18.8. The molecule has 0 unspecified atom stereocenters. The van der Waals surface area contributed by atoms with Crippen LogP contribution in [0, 0.1) is 35.1 Å². The quantitative estimate of drug-likeness (QED) is 0.0555. The highest BCUT2D eigenvalue weighted by Crippen LogP contribution is 2.39. The van der Waals surface area contributed by atoms with E-state index in [-0.39, 0.29) is 11.4 Å². The van der Waals surface area contributed by atoms with Gasteiger partial charge in [-0.1, -0.05) is 24.3 Å². The van der Waals surface area contributed by atoms with Crippen molar-refractivity contribution in [3.8, 4) is 0 Å². The molecule has 0 atom stereocenters. The summed E-state index contributed by atoms with van der Waals surface area (Å²) in [5.41, 5.74) is 9.95. The molecule has 8 nitrogen and oxygen atoms in total. The molecular weight excluding hydrogens is 721 g/mol. The second kappa shape index (κ2) is 20.3. The summed E-state index contributed by atoms with van der Waals surface area (Å²) in [5.74, 6) is -1.03. The molecule has 0 bridgehead atoms. The summed E-state index contributed by atoms with van der Waals surface area (Å²) in [6.45, 7) is 0. The van der Waals surface area contributed by atoms with Gasteiger partial charge in [0.25, 0.3) is 0 Å². The predicted molar refractivity (Wildman–Crippen MR) is 217 cm³/mol. The minimum absolute atomic E-state index is 0.283. The van der Waals surface area contributed by atoms with Crippen LogP contribution in [0.15, 0.2) is 94.9 Å². The molecule has 2 aliphatic rings. The second-order valence-electron chi connectivity index (χ2n) is 15.4. The van der Waals surface area contributed by atoms with Crippen molar-refractivity contribution in [3.05, 3.63) is 119 Å². The number of anilines is 2. The monoisotopic (exact) mass is 774 g/mol. The van der Waals surface area contributed by atoms with Crippen molar-refractivity contribution in [3.63, 3.8) is 0 Å². The van der Waals surface area contributed by atoms with E-state index in [4.69, 9.17) is 0 Å². The van der Waals surface area contributed by atoms with Crippen LogP contribution in [0.2, 0.25) is 0 Å². The highest BCUT2D eigenvalue weighted by molar-refractivity contribution is 5.84. The Balaban J connectivity index is 0.000000214. The fourth-order valence-corrected chi connectivity index (χ4v) is 7.69. The highest BCUT2D eigenvalue weighted by Gasteiger charge is 2.25. The Morgan fingerprint density at radius 2 is 0.857 bits per heavy atom. The van der Waals surface area contributed by atoms with Crippen LogP contribution in [0.25, 0.3) is 0 Å². The van der Waals surface area contributed by atoms with Gasteiger partial charge in [-0.25, -0.2) is 27.5 Å². The summed E-state index contributed by atoms with van der Waals surface area (Å²) < 4.78 is 52.7. The lowest BCUT2D eigenvalue weighted by atomic mass is 9.77. The van der Waals surface area contributed by atoms with E-state index < -0.39 is 23.3 Å². The number of aliphatic imine (C=N–C) groups is 2. The summed E-state index contributed by atoms with van der Waals surface area (Å²) >= 11 is 0. The Morgan fingerprint density at radius 1 is 0.518 bits per heavy atom. The maximum Gasteiger partial charge on any atom is 0.160 e. The third kappa shape index (κ3) is 12.0. The molecule has 0 radical (unpaired) electrons.